The zero-order chi connectivity index (χ0) is 17.1. The molecule has 25 heavy (non-hydrogen) atoms. The first-order valence-corrected chi connectivity index (χ1v) is 8.75. The number of nitrogens with one attached hydrogen (secondary N) is 1. The average molecular weight is 349 g/mol. The van der Waals surface area contributed by atoms with Gasteiger partial charge in [-0.2, -0.15) is 4.98 Å². The van der Waals surface area contributed by atoms with Crippen LogP contribution < -0.4 is 10.1 Å². The van der Waals surface area contributed by atoms with Crippen molar-refractivity contribution in [3.63, 3.8) is 0 Å². The minimum absolute atomic E-state index is 0.440. The number of hydrogen-bond donors (Lipinski definition) is 1. The first kappa shape index (κ1) is 15.6. The Bertz CT molecular complexity index is 903. The number of ether oxygens (including phenoxy) is 1. The molecule has 0 saturated carbocycles. The monoisotopic (exact) mass is 349 g/mol. The fourth-order valence-corrected chi connectivity index (χ4v) is 3.02. The van der Waals surface area contributed by atoms with Crippen LogP contribution in [-0.4, -0.2) is 25.9 Å². The van der Waals surface area contributed by atoms with Gasteiger partial charge in [-0.1, -0.05) is 42.1 Å². The topological polar surface area (TPSA) is 72.8 Å². The zero-order valence-electron chi connectivity index (χ0n) is 13.3. The van der Waals surface area contributed by atoms with Gasteiger partial charge in [0, 0.05) is 23.2 Å². The van der Waals surface area contributed by atoms with Gasteiger partial charge in [-0.25, -0.2) is 0 Å². The Hall–Kier alpha value is -2.93. The molecule has 0 radical (unpaired) electrons. The number of pyridine rings is 1. The van der Waals surface area contributed by atoms with Crippen LogP contribution in [0.5, 0.6) is 5.88 Å². The Labute approximate surface area is 149 Å². The molecule has 1 N–H and O–H groups in total. The fourth-order valence-electron chi connectivity index (χ4n) is 2.51. The Morgan fingerprint density at radius 2 is 2.04 bits per heavy atom. The Morgan fingerprint density at radius 1 is 1.16 bits per heavy atom. The first-order chi connectivity index (χ1) is 12.3. The number of anilines is 1. The zero-order valence-corrected chi connectivity index (χ0v) is 14.1. The lowest BCUT2D eigenvalue weighted by Gasteiger charge is -2.18. The van der Waals surface area contributed by atoms with Crippen LogP contribution in [-0.2, 0) is 0 Å². The molecule has 1 atom stereocenters. The molecule has 0 bridgehead atoms. The van der Waals surface area contributed by atoms with E-state index in [2.05, 4.69) is 32.1 Å². The van der Waals surface area contributed by atoms with E-state index >= 15 is 0 Å². The molecule has 0 amide bonds. The standard InChI is InChI=1S/C18H15N5OS/c1-2-11-25-18-21-17-15(22-23-18)12-7-3-4-8-13(12)20-16(24-17)14-9-5-6-10-19-14/h2-10,16,20H,1,11H2. The van der Waals surface area contributed by atoms with Crippen LogP contribution in [0.2, 0.25) is 0 Å². The second kappa shape index (κ2) is 6.90. The van der Waals surface area contributed by atoms with Crippen LogP contribution in [0.3, 0.4) is 0 Å². The smallest absolute Gasteiger partial charge is 0.247 e. The molecule has 0 aliphatic carbocycles. The van der Waals surface area contributed by atoms with E-state index in [-0.39, 0.29) is 0 Å². The van der Waals surface area contributed by atoms with Crippen molar-refractivity contribution in [1.82, 2.24) is 20.2 Å². The number of nitrogens with zero attached hydrogens (tertiary/aromatic N) is 4. The lowest BCUT2D eigenvalue weighted by Crippen LogP contribution is -2.18. The van der Waals surface area contributed by atoms with Gasteiger partial charge in [-0.15, -0.1) is 16.8 Å². The lowest BCUT2D eigenvalue weighted by atomic mass is 10.1. The van der Waals surface area contributed by atoms with E-state index in [1.807, 2.05) is 42.5 Å². The summed E-state index contributed by atoms with van der Waals surface area (Å²) in [6.45, 7) is 3.71. The minimum atomic E-state index is -0.461. The highest BCUT2D eigenvalue weighted by Gasteiger charge is 2.26. The molecular weight excluding hydrogens is 334 g/mol. The molecule has 124 valence electrons. The van der Waals surface area contributed by atoms with Gasteiger partial charge < -0.3 is 10.1 Å². The van der Waals surface area contributed by atoms with Gasteiger partial charge in [0.2, 0.25) is 17.3 Å². The lowest BCUT2D eigenvalue weighted by molar-refractivity contribution is 0.220. The van der Waals surface area contributed by atoms with Crippen molar-refractivity contribution in [2.24, 2.45) is 0 Å². The summed E-state index contributed by atoms with van der Waals surface area (Å²) in [7, 11) is 0. The molecule has 1 aromatic carbocycles. The number of fused-ring (bicyclic) bond motifs is 3. The van der Waals surface area contributed by atoms with Gasteiger partial charge in [0.15, 0.2) is 5.69 Å². The maximum absolute atomic E-state index is 6.12. The van der Waals surface area contributed by atoms with Crippen LogP contribution >= 0.6 is 11.8 Å². The van der Waals surface area contributed by atoms with Gasteiger partial charge in [0.25, 0.3) is 0 Å². The molecule has 3 heterocycles. The molecule has 6 nitrogen and oxygen atoms in total. The molecule has 0 fully saturated rings. The molecule has 1 aliphatic rings. The van der Waals surface area contributed by atoms with E-state index in [1.54, 1.807) is 12.3 Å². The number of rotatable bonds is 4. The molecule has 7 heteroatoms. The molecule has 1 unspecified atom stereocenters. The largest absolute Gasteiger partial charge is 0.446 e. The normalized spacial score (nSPS) is 15.1. The summed E-state index contributed by atoms with van der Waals surface area (Å²) >= 11 is 1.46. The quantitative estimate of drug-likeness (QED) is 0.568. The van der Waals surface area contributed by atoms with Gasteiger partial charge in [-0.3, -0.25) is 4.98 Å². The number of thioether (sulfide) groups is 1. The first-order valence-electron chi connectivity index (χ1n) is 7.77. The third kappa shape index (κ3) is 3.18. The van der Waals surface area contributed by atoms with Crippen LogP contribution in [0.25, 0.3) is 11.3 Å². The summed E-state index contributed by atoms with van der Waals surface area (Å²) in [5.74, 6) is 1.15. The Balaban J connectivity index is 1.80. The van der Waals surface area contributed by atoms with Crippen molar-refractivity contribution < 1.29 is 4.74 Å². The predicted octanol–water partition coefficient (Wildman–Crippen LogP) is 3.71. The molecule has 4 rings (SSSR count). The summed E-state index contributed by atoms with van der Waals surface area (Å²) in [6.07, 6.45) is 3.08. The van der Waals surface area contributed by atoms with Crippen molar-refractivity contribution >= 4 is 17.4 Å². The van der Waals surface area contributed by atoms with E-state index < -0.39 is 6.23 Å². The average Bonchev–Trinajstić information content (AvgIpc) is 2.83. The second-order valence-corrected chi connectivity index (χ2v) is 6.28. The maximum atomic E-state index is 6.12. The molecular formula is C18H15N5OS. The van der Waals surface area contributed by atoms with E-state index in [4.69, 9.17) is 4.74 Å². The predicted molar refractivity (Wildman–Crippen MR) is 97.4 cm³/mol. The van der Waals surface area contributed by atoms with Gasteiger partial charge in [-0.05, 0) is 18.2 Å². The highest BCUT2D eigenvalue weighted by atomic mass is 32.2. The number of hydrogen-bond acceptors (Lipinski definition) is 7. The summed E-state index contributed by atoms with van der Waals surface area (Å²) in [5.41, 5.74) is 3.18. The van der Waals surface area contributed by atoms with Crippen LogP contribution in [0.15, 0.2) is 66.5 Å². The van der Waals surface area contributed by atoms with Crippen molar-refractivity contribution in [1.29, 1.82) is 0 Å². The van der Waals surface area contributed by atoms with Crippen LogP contribution in [0.4, 0.5) is 5.69 Å². The summed E-state index contributed by atoms with van der Waals surface area (Å²) in [5, 5.41) is 12.5. The van der Waals surface area contributed by atoms with E-state index in [0.717, 1.165) is 16.9 Å². The molecule has 0 saturated heterocycles. The third-order valence-corrected chi connectivity index (χ3v) is 4.45. The van der Waals surface area contributed by atoms with E-state index in [1.165, 1.54) is 11.8 Å². The maximum Gasteiger partial charge on any atom is 0.247 e. The van der Waals surface area contributed by atoms with Crippen molar-refractivity contribution in [3.05, 3.63) is 67.0 Å². The summed E-state index contributed by atoms with van der Waals surface area (Å²) in [6, 6.07) is 13.6. The Kier molecular flexibility index (Phi) is 4.30. The van der Waals surface area contributed by atoms with Crippen molar-refractivity contribution in [2.75, 3.05) is 11.1 Å². The van der Waals surface area contributed by atoms with Crippen LogP contribution in [0, 0.1) is 0 Å². The van der Waals surface area contributed by atoms with Gasteiger partial charge >= 0.3 is 0 Å². The second-order valence-electron chi connectivity index (χ2n) is 5.29. The molecule has 2 aromatic heterocycles. The van der Waals surface area contributed by atoms with Crippen molar-refractivity contribution in [2.45, 2.75) is 11.4 Å². The van der Waals surface area contributed by atoms with Gasteiger partial charge in [0.05, 0.1) is 0 Å². The molecule has 3 aromatic rings. The van der Waals surface area contributed by atoms with Crippen molar-refractivity contribution in [3.8, 4) is 17.1 Å². The highest BCUT2D eigenvalue weighted by Crippen LogP contribution is 2.38. The molecule has 1 aliphatic heterocycles. The Morgan fingerprint density at radius 3 is 2.88 bits per heavy atom. The number of benzene rings is 1. The fraction of sp³-hybridized carbons (Fsp3) is 0.111. The van der Waals surface area contributed by atoms with E-state index in [9.17, 15) is 0 Å². The highest BCUT2D eigenvalue weighted by molar-refractivity contribution is 7.99. The van der Waals surface area contributed by atoms with E-state index in [0.29, 0.717) is 22.5 Å². The van der Waals surface area contributed by atoms with Gasteiger partial charge in [0.1, 0.15) is 5.69 Å². The summed E-state index contributed by atoms with van der Waals surface area (Å²) < 4.78 is 6.12. The number of para-hydroxylation sites is 1. The number of aromatic nitrogens is 4. The SMILES string of the molecule is C=CCSc1nnc2c(n1)OC(c1ccccn1)Nc1ccccc1-2. The van der Waals surface area contributed by atoms with Crippen LogP contribution in [0.1, 0.15) is 11.9 Å². The minimum Gasteiger partial charge on any atom is -0.446 e. The molecule has 0 spiro atoms. The summed E-state index contributed by atoms with van der Waals surface area (Å²) in [4.78, 5) is 8.93. The third-order valence-electron chi connectivity index (χ3n) is 3.62.